The number of hydrogen-bond donors (Lipinski definition) is 2. The van der Waals surface area contributed by atoms with E-state index in [1.807, 2.05) is 12.1 Å². The zero-order chi connectivity index (χ0) is 13.2. The average molecular weight is 249 g/mol. The molecule has 2 N–H and O–H groups in total. The summed E-state index contributed by atoms with van der Waals surface area (Å²) in [6.45, 7) is 7.15. The first kappa shape index (κ1) is 14.5. The third-order valence-corrected chi connectivity index (χ3v) is 2.51. The number of nitrogens with one attached hydrogen (secondary N) is 2. The highest BCUT2D eigenvalue weighted by molar-refractivity contribution is 5.79. The van der Waals surface area contributed by atoms with Crippen molar-refractivity contribution < 1.29 is 4.74 Å². The molecular weight excluding hydrogens is 226 g/mol. The molecule has 0 atom stereocenters. The van der Waals surface area contributed by atoms with Gasteiger partial charge in [0.05, 0.1) is 13.2 Å². The van der Waals surface area contributed by atoms with Gasteiger partial charge < -0.3 is 15.4 Å². The molecule has 0 amide bonds. The third-order valence-electron chi connectivity index (χ3n) is 2.51. The van der Waals surface area contributed by atoms with Gasteiger partial charge in [0.2, 0.25) is 0 Å². The largest absolute Gasteiger partial charge is 0.380 e. The van der Waals surface area contributed by atoms with Crippen molar-refractivity contribution >= 4 is 5.96 Å². The van der Waals surface area contributed by atoms with Crippen LogP contribution in [0.4, 0.5) is 0 Å². The van der Waals surface area contributed by atoms with E-state index in [-0.39, 0.29) is 0 Å². The number of benzene rings is 1. The summed E-state index contributed by atoms with van der Waals surface area (Å²) < 4.78 is 5.19. The molecule has 0 aliphatic carbocycles. The minimum Gasteiger partial charge on any atom is -0.380 e. The van der Waals surface area contributed by atoms with Crippen LogP contribution in [0.3, 0.4) is 0 Å². The second-order valence-electron chi connectivity index (χ2n) is 3.93. The monoisotopic (exact) mass is 249 g/mol. The highest BCUT2D eigenvalue weighted by atomic mass is 16.5. The Labute approximate surface area is 109 Å². The number of ether oxygens (including phenoxy) is 1. The van der Waals surface area contributed by atoms with E-state index >= 15 is 0 Å². The molecule has 4 heteroatoms. The zero-order valence-corrected chi connectivity index (χ0v) is 11.5. The van der Waals surface area contributed by atoms with Gasteiger partial charge in [-0.3, -0.25) is 0 Å². The summed E-state index contributed by atoms with van der Waals surface area (Å²) in [4.78, 5) is 4.56. The van der Waals surface area contributed by atoms with Gasteiger partial charge in [-0.1, -0.05) is 24.3 Å². The molecule has 0 heterocycles. The molecule has 0 aromatic heterocycles. The van der Waals surface area contributed by atoms with Crippen LogP contribution in [-0.4, -0.2) is 26.2 Å². The van der Waals surface area contributed by atoms with Crippen molar-refractivity contribution in [2.45, 2.75) is 27.0 Å². The third kappa shape index (κ3) is 4.75. The molecule has 0 spiro atoms. The smallest absolute Gasteiger partial charge is 0.191 e. The summed E-state index contributed by atoms with van der Waals surface area (Å²) in [6, 6.07) is 8.23. The second kappa shape index (κ2) is 8.53. The maximum absolute atomic E-state index is 5.19. The van der Waals surface area contributed by atoms with Crippen molar-refractivity contribution in [3.05, 3.63) is 35.4 Å². The van der Waals surface area contributed by atoms with Crippen LogP contribution in [-0.2, 0) is 17.9 Å². The van der Waals surface area contributed by atoms with Crippen LogP contribution >= 0.6 is 0 Å². The Hall–Kier alpha value is -1.55. The predicted octanol–water partition coefficient (Wildman–Crippen LogP) is 1.91. The number of methoxy groups -OCH3 is 1. The molecule has 18 heavy (non-hydrogen) atoms. The lowest BCUT2D eigenvalue weighted by Gasteiger charge is -2.10. The van der Waals surface area contributed by atoms with Crippen molar-refractivity contribution in [1.82, 2.24) is 10.6 Å². The first-order valence-corrected chi connectivity index (χ1v) is 6.39. The summed E-state index contributed by atoms with van der Waals surface area (Å²) in [6.07, 6.45) is 0. The lowest BCUT2D eigenvalue weighted by atomic mass is 10.1. The van der Waals surface area contributed by atoms with Crippen molar-refractivity contribution in [1.29, 1.82) is 0 Å². The van der Waals surface area contributed by atoms with Crippen LogP contribution in [0.5, 0.6) is 0 Å². The fraction of sp³-hybridized carbons (Fsp3) is 0.500. The van der Waals surface area contributed by atoms with Gasteiger partial charge in [0, 0.05) is 20.2 Å². The molecule has 0 saturated heterocycles. The van der Waals surface area contributed by atoms with Gasteiger partial charge in [-0.05, 0) is 25.0 Å². The van der Waals surface area contributed by atoms with Gasteiger partial charge in [0.15, 0.2) is 5.96 Å². The van der Waals surface area contributed by atoms with Gasteiger partial charge in [-0.2, -0.15) is 0 Å². The molecule has 0 bridgehead atoms. The van der Waals surface area contributed by atoms with E-state index in [4.69, 9.17) is 4.74 Å². The molecule has 0 fully saturated rings. The van der Waals surface area contributed by atoms with E-state index in [2.05, 4.69) is 41.6 Å². The fourth-order valence-corrected chi connectivity index (χ4v) is 1.68. The van der Waals surface area contributed by atoms with Gasteiger partial charge in [0.1, 0.15) is 0 Å². The first-order valence-electron chi connectivity index (χ1n) is 6.39. The van der Waals surface area contributed by atoms with Crippen LogP contribution in [0.2, 0.25) is 0 Å². The number of hydrogen-bond acceptors (Lipinski definition) is 2. The number of nitrogens with zero attached hydrogens (tertiary/aromatic N) is 1. The highest BCUT2D eigenvalue weighted by Gasteiger charge is 2.01. The topological polar surface area (TPSA) is 45.7 Å². The molecule has 0 saturated carbocycles. The Morgan fingerprint density at radius 1 is 1.11 bits per heavy atom. The van der Waals surface area contributed by atoms with Crippen molar-refractivity contribution in [3.8, 4) is 0 Å². The van der Waals surface area contributed by atoms with Crippen molar-refractivity contribution in [2.75, 3.05) is 20.2 Å². The Kier molecular flexibility index (Phi) is 6.87. The van der Waals surface area contributed by atoms with E-state index in [0.717, 1.165) is 19.0 Å². The van der Waals surface area contributed by atoms with Crippen LogP contribution in [0.15, 0.2) is 29.3 Å². The lowest BCUT2D eigenvalue weighted by molar-refractivity contribution is 0.184. The number of aliphatic imine (C=N–C) groups is 1. The molecule has 1 aromatic rings. The Balaban J connectivity index is 2.73. The summed E-state index contributed by atoms with van der Waals surface area (Å²) in [7, 11) is 1.71. The molecule has 1 aromatic carbocycles. The van der Waals surface area contributed by atoms with Crippen molar-refractivity contribution in [3.63, 3.8) is 0 Å². The quantitative estimate of drug-likeness (QED) is 0.598. The van der Waals surface area contributed by atoms with E-state index in [0.29, 0.717) is 13.2 Å². The minimum atomic E-state index is 0.628. The normalized spacial score (nSPS) is 9.94. The molecule has 0 radical (unpaired) electrons. The maximum atomic E-state index is 5.19. The molecule has 4 nitrogen and oxygen atoms in total. The van der Waals surface area contributed by atoms with Crippen LogP contribution in [0.1, 0.15) is 25.0 Å². The van der Waals surface area contributed by atoms with Crippen LogP contribution in [0, 0.1) is 0 Å². The fourth-order valence-electron chi connectivity index (χ4n) is 1.68. The Morgan fingerprint density at radius 2 is 1.72 bits per heavy atom. The standard InChI is InChI=1S/C14H23N3O/c1-4-15-14(16-5-2)17-10-12-8-6-7-9-13(12)11-18-3/h6-9H,4-5,10-11H2,1-3H3,(H2,15,16,17). The molecule has 0 aliphatic heterocycles. The summed E-state index contributed by atoms with van der Waals surface area (Å²) in [5.74, 6) is 0.854. The SMILES string of the molecule is CCNC(=NCc1ccccc1COC)NCC. The van der Waals surface area contributed by atoms with Crippen molar-refractivity contribution in [2.24, 2.45) is 4.99 Å². The second-order valence-corrected chi connectivity index (χ2v) is 3.93. The van der Waals surface area contributed by atoms with Crippen LogP contribution in [0.25, 0.3) is 0 Å². The van der Waals surface area contributed by atoms with Gasteiger partial charge in [0.25, 0.3) is 0 Å². The highest BCUT2D eigenvalue weighted by Crippen LogP contribution is 2.10. The van der Waals surface area contributed by atoms with E-state index in [1.165, 1.54) is 11.1 Å². The zero-order valence-electron chi connectivity index (χ0n) is 11.5. The van der Waals surface area contributed by atoms with E-state index in [9.17, 15) is 0 Å². The molecule has 100 valence electrons. The lowest BCUT2D eigenvalue weighted by Crippen LogP contribution is -2.37. The summed E-state index contributed by atoms with van der Waals surface area (Å²) >= 11 is 0. The predicted molar refractivity (Wildman–Crippen MR) is 75.6 cm³/mol. The average Bonchev–Trinajstić information content (AvgIpc) is 2.38. The number of guanidine groups is 1. The van der Waals surface area contributed by atoms with E-state index < -0.39 is 0 Å². The van der Waals surface area contributed by atoms with Crippen LogP contribution < -0.4 is 10.6 Å². The minimum absolute atomic E-state index is 0.628. The molecule has 0 aliphatic rings. The first-order chi connectivity index (χ1) is 8.81. The van der Waals surface area contributed by atoms with E-state index in [1.54, 1.807) is 7.11 Å². The maximum Gasteiger partial charge on any atom is 0.191 e. The molecule has 1 rings (SSSR count). The van der Waals surface area contributed by atoms with Gasteiger partial charge in [-0.15, -0.1) is 0 Å². The van der Waals surface area contributed by atoms with Gasteiger partial charge in [-0.25, -0.2) is 4.99 Å². The summed E-state index contributed by atoms with van der Waals surface area (Å²) in [5, 5.41) is 6.43. The summed E-state index contributed by atoms with van der Waals surface area (Å²) in [5.41, 5.74) is 2.39. The van der Waals surface area contributed by atoms with Gasteiger partial charge >= 0.3 is 0 Å². The Bertz CT molecular complexity index is 369. The molecular formula is C14H23N3O. The number of rotatable bonds is 6. The Morgan fingerprint density at radius 3 is 2.28 bits per heavy atom. The molecule has 0 unspecified atom stereocenters.